The van der Waals surface area contributed by atoms with Crippen molar-refractivity contribution in [1.82, 2.24) is 0 Å². The second-order valence-corrected chi connectivity index (χ2v) is 6.97. The predicted octanol–water partition coefficient (Wildman–Crippen LogP) is 6.72. The summed E-state index contributed by atoms with van der Waals surface area (Å²) in [5.41, 5.74) is 5.79. The first kappa shape index (κ1) is 13.2. The maximum atomic E-state index is 2.32. The quantitative estimate of drug-likeness (QED) is 0.273. The van der Waals surface area contributed by atoms with E-state index in [0.29, 0.717) is 0 Å². The van der Waals surface area contributed by atoms with Gasteiger partial charge in [-0.15, -0.1) is 0 Å². The number of hydrogen-bond donors (Lipinski definition) is 0. The van der Waals surface area contributed by atoms with Gasteiger partial charge in [-0.2, -0.15) is 0 Å². The first-order valence-electron chi connectivity index (χ1n) is 8.84. The molecule has 0 saturated heterocycles. The molecule has 116 valence electrons. The number of hydrogen-bond acceptors (Lipinski definition) is 0. The number of fused-ring (bicyclic) bond motifs is 9. The van der Waals surface area contributed by atoms with Crippen molar-refractivity contribution >= 4 is 32.3 Å². The Morgan fingerprint density at radius 3 is 2.04 bits per heavy atom. The van der Waals surface area contributed by atoms with E-state index in [2.05, 4.69) is 84.9 Å². The highest BCUT2D eigenvalue weighted by Crippen LogP contribution is 2.45. The van der Waals surface area contributed by atoms with Gasteiger partial charge in [0.2, 0.25) is 0 Å². The summed E-state index contributed by atoms with van der Waals surface area (Å²) in [6.07, 6.45) is 1.03. The van der Waals surface area contributed by atoms with Gasteiger partial charge in [-0.3, -0.25) is 0 Å². The Morgan fingerprint density at radius 1 is 0.520 bits per heavy atom. The van der Waals surface area contributed by atoms with Crippen molar-refractivity contribution < 1.29 is 0 Å². The molecule has 6 rings (SSSR count). The zero-order valence-corrected chi connectivity index (χ0v) is 13.8. The highest BCUT2D eigenvalue weighted by atomic mass is 14.3. The van der Waals surface area contributed by atoms with Crippen molar-refractivity contribution in [3.63, 3.8) is 0 Å². The third-order valence-corrected chi connectivity index (χ3v) is 5.67. The van der Waals surface area contributed by atoms with E-state index in [-0.39, 0.29) is 0 Å². The van der Waals surface area contributed by atoms with Crippen LogP contribution in [0.2, 0.25) is 0 Å². The Morgan fingerprint density at radius 2 is 1.16 bits per heavy atom. The molecule has 0 N–H and O–H groups in total. The summed E-state index contributed by atoms with van der Waals surface area (Å²) in [7, 11) is 0. The molecule has 0 atom stereocenters. The van der Waals surface area contributed by atoms with Crippen LogP contribution in [0.25, 0.3) is 43.4 Å². The third-order valence-electron chi connectivity index (χ3n) is 5.67. The Kier molecular flexibility index (Phi) is 2.48. The van der Waals surface area contributed by atoms with Crippen LogP contribution in [0.1, 0.15) is 11.1 Å². The molecule has 0 amide bonds. The lowest BCUT2D eigenvalue weighted by atomic mass is 9.93. The molecule has 0 fully saturated rings. The van der Waals surface area contributed by atoms with Gasteiger partial charge in [-0.05, 0) is 61.0 Å². The summed E-state index contributed by atoms with van der Waals surface area (Å²) >= 11 is 0. The monoisotopic (exact) mass is 316 g/mol. The van der Waals surface area contributed by atoms with E-state index in [9.17, 15) is 0 Å². The fourth-order valence-corrected chi connectivity index (χ4v) is 4.55. The van der Waals surface area contributed by atoms with E-state index in [0.717, 1.165) is 6.42 Å². The average molecular weight is 316 g/mol. The second kappa shape index (κ2) is 4.70. The molecule has 0 aliphatic heterocycles. The number of benzene rings is 5. The first-order chi connectivity index (χ1) is 12.4. The van der Waals surface area contributed by atoms with Crippen LogP contribution in [0.15, 0.2) is 84.9 Å². The molecule has 0 heteroatoms. The van der Waals surface area contributed by atoms with Crippen LogP contribution < -0.4 is 0 Å². The molecule has 5 aromatic rings. The van der Waals surface area contributed by atoms with Crippen LogP contribution in [0.4, 0.5) is 0 Å². The minimum Gasteiger partial charge on any atom is -0.0616 e. The van der Waals surface area contributed by atoms with Crippen LogP contribution in [0.5, 0.6) is 0 Å². The molecule has 0 saturated carbocycles. The van der Waals surface area contributed by atoms with Gasteiger partial charge in [-0.1, -0.05) is 84.9 Å². The van der Waals surface area contributed by atoms with Crippen molar-refractivity contribution in [3.8, 4) is 11.1 Å². The molecule has 0 radical (unpaired) electrons. The zero-order chi connectivity index (χ0) is 16.4. The summed E-state index contributed by atoms with van der Waals surface area (Å²) < 4.78 is 0. The molecule has 0 heterocycles. The van der Waals surface area contributed by atoms with Crippen molar-refractivity contribution in [2.24, 2.45) is 0 Å². The Balaban J connectivity index is 1.82. The summed E-state index contributed by atoms with van der Waals surface area (Å²) in [6.45, 7) is 0. The maximum Gasteiger partial charge on any atom is -0.000705 e. The Bertz CT molecular complexity index is 1310. The Labute approximate surface area is 146 Å². The third kappa shape index (κ3) is 1.71. The molecule has 0 unspecified atom stereocenters. The van der Waals surface area contributed by atoms with E-state index < -0.39 is 0 Å². The lowest BCUT2D eigenvalue weighted by molar-refractivity contribution is 1.29. The van der Waals surface area contributed by atoms with Gasteiger partial charge < -0.3 is 0 Å². The molecule has 0 nitrogen and oxygen atoms in total. The molecule has 1 aliphatic carbocycles. The van der Waals surface area contributed by atoms with Gasteiger partial charge in [0.25, 0.3) is 0 Å². The molecular formula is C25H16. The van der Waals surface area contributed by atoms with E-state index >= 15 is 0 Å². The van der Waals surface area contributed by atoms with Crippen molar-refractivity contribution in [3.05, 3.63) is 96.1 Å². The van der Waals surface area contributed by atoms with Crippen LogP contribution in [-0.2, 0) is 6.42 Å². The van der Waals surface area contributed by atoms with Gasteiger partial charge in [0, 0.05) is 0 Å². The highest BCUT2D eigenvalue weighted by molar-refractivity contribution is 6.17. The minimum atomic E-state index is 1.03. The van der Waals surface area contributed by atoms with E-state index in [1.165, 1.54) is 54.6 Å². The molecule has 0 spiro atoms. The maximum absolute atomic E-state index is 2.32. The first-order valence-corrected chi connectivity index (χ1v) is 8.84. The molecule has 0 bridgehead atoms. The molecular weight excluding hydrogens is 300 g/mol. The van der Waals surface area contributed by atoms with Crippen molar-refractivity contribution in [2.75, 3.05) is 0 Å². The average Bonchev–Trinajstić information content (AvgIpc) is 3.07. The molecule has 25 heavy (non-hydrogen) atoms. The summed E-state index contributed by atoms with van der Waals surface area (Å²) in [6, 6.07) is 31.2. The summed E-state index contributed by atoms with van der Waals surface area (Å²) in [4.78, 5) is 0. The van der Waals surface area contributed by atoms with Gasteiger partial charge in [-0.25, -0.2) is 0 Å². The van der Waals surface area contributed by atoms with E-state index in [1.807, 2.05) is 0 Å². The van der Waals surface area contributed by atoms with Crippen molar-refractivity contribution in [2.45, 2.75) is 6.42 Å². The second-order valence-electron chi connectivity index (χ2n) is 6.97. The largest absolute Gasteiger partial charge is 0.0616 e. The van der Waals surface area contributed by atoms with Crippen molar-refractivity contribution in [1.29, 1.82) is 0 Å². The standard InChI is InChI=1S/C25H16/c1-3-7-20-16(5-1)13-14-22-23(20)15-19-12-11-18-10-9-17-6-2-4-8-21(17)24(18)25(19)22/h1-14H,15H2. The van der Waals surface area contributed by atoms with Gasteiger partial charge >= 0.3 is 0 Å². The van der Waals surface area contributed by atoms with E-state index in [1.54, 1.807) is 0 Å². The number of rotatable bonds is 0. The topological polar surface area (TPSA) is 0 Å². The molecule has 0 aromatic heterocycles. The molecule has 5 aromatic carbocycles. The fourth-order valence-electron chi connectivity index (χ4n) is 4.55. The van der Waals surface area contributed by atoms with Crippen LogP contribution in [-0.4, -0.2) is 0 Å². The van der Waals surface area contributed by atoms with Crippen LogP contribution in [0, 0.1) is 0 Å². The predicted molar refractivity (Wildman–Crippen MR) is 107 cm³/mol. The lowest BCUT2D eigenvalue weighted by Crippen LogP contribution is -1.84. The smallest absolute Gasteiger partial charge is 0.000705 e. The van der Waals surface area contributed by atoms with Crippen LogP contribution >= 0.6 is 0 Å². The summed E-state index contributed by atoms with van der Waals surface area (Å²) in [5.74, 6) is 0. The Hall–Kier alpha value is -3.12. The minimum absolute atomic E-state index is 1.03. The summed E-state index contributed by atoms with van der Waals surface area (Å²) in [5, 5.41) is 8.14. The fraction of sp³-hybridized carbons (Fsp3) is 0.0400. The zero-order valence-electron chi connectivity index (χ0n) is 13.8. The normalized spacial score (nSPS) is 12.6. The van der Waals surface area contributed by atoms with Gasteiger partial charge in [0.15, 0.2) is 0 Å². The lowest BCUT2D eigenvalue weighted by Gasteiger charge is -2.11. The molecule has 1 aliphatic rings. The SMILES string of the molecule is c1ccc2c3c(ccc2c1)-c1c(ccc2ccc4ccccc4c12)C3. The highest BCUT2D eigenvalue weighted by Gasteiger charge is 2.23. The van der Waals surface area contributed by atoms with Gasteiger partial charge in [0.05, 0.1) is 0 Å². The van der Waals surface area contributed by atoms with Crippen LogP contribution in [0.3, 0.4) is 0 Å². The van der Waals surface area contributed by atoms with Gasteiger partial charge in [0.1, 0.15) is 0 Å². The van der Waals surface area contributed by atoms with E-state index in [4.69, 9.17) is 0 Å².